The second-order valence-corrected chi connectivity index (χ2v) is 6.40. The van der Waals surface area contributed by atoms with E-state index in [0.717, 1.165) is 27.9 Å². The molecule has 0 saturated carbocycles. The molecule has 0 fully saturated rings. The Morgan fingerprint density at radius 3 is 3.04 bits per heavy atom. The van der Waals surface area contributed by atoms with Gasteiger partial charge in [0, 0.05) is 17.1 Å². The van der Waals surface area contributed by atoms with Crippen molar-refractivity contribution in [1.29, 1.82) is 0 Å². The van der Waals surface area contributed by atoms with E-state index in [1.54, 1.807) is 0 Å². The molecule has 0 unspecified atom stereocenters. The van der Waals surface area contributed by atoms with Crippen molar-refractivity contribution in [3.8, 4) is 17.0 Å². The Hall–Kier alpha value is -2.38. The Bertz CT molecular complexity index is 857. The maximum absolute atomic E-state index is 5.87. The number of aromatic nitrogens is 4. The van der Waals surface area contributed by atoms with Gasteiger partial charge in [0.2, 0.25) is 0 Å². The first-order chi connectivity index (χ1) is 12.2. The third-order valence-corrected chi connectivity index (χ3v) is 4.33. The Kier molecular flexibility index (Phi) is 4.42. The number of rotatable bonds is 0. The monoisotopic (exact) mass is 342 g/mol. The molecule has 1 aliphatic rings. The van der Waals surface area contributed by atoms with E-state index in [1.807, 2.05) is 42.2 Å². The molecule has 0 aliphatic carbocycles. The van der Waals surface area contributed by atoms with E-state index in [2.05, 4.69) is 22.2 Å². The van der Waals surface area contributed by atoms with Crippen LogP contribution in [0.5, 0.6) is 5.75 Å². The first kappa shape index (κ1) is 16.1. The van der Waals surface area contributed by atoms with Gasteiger partial charge in [0.1, 0.15) is 18.1 Å². The zero-order valence-electron chi connectivity index (χ0n) is 14.4. The first-order valence-corrected chi connectivity index (χ1v) is 8.55. The summed E-state index contributed by atoms with van der Waals surface area (Å²) in [6, 6.07) is 6.07. The number of benzene rings is 1. The predicted molar refractivity (Wildman–Crippen MR) is 93.8 cm³/mol. The van der Waals surface area contributed by atoms with Gasteiger partial charge in [0.25, 0.3) is 0 Å². The SMILES string of the molecule is C[C@@H]1COCCO[C@@H](C)COc2ccc3[nH]nc(c3c2)-c2cnn1c2. The number of nitrogens with zero attached hydrogens (tertiary/aromatic N) is 3. The number of hydrogen-bond acceptors (Lipinski definition) is 5. The molecule has 2 atom stereocenters. The molecule has 0 spiro atoms. The molecule has 1 aliphatic heterocycles. The summed E-state index contributed by atoms with van der Waals surface area (Å²) in [5.41, 5.74) is 2.81. The minimum atomic E-state index is -0.000538. The fourth-order valence-electron chi connectivity index (χ4n) is 2.90. The van der Waals surface area contributed by atoms with Crippen LogP contribution in [-0.4, -0.2) is 52.5 Å². The third kappa shape index (κ3) is 3.38. The number of ether oxygens (including phenoxy) is 3. The number of aromatic amines is 1. The van der Waals surface area contributed by atoms with Crippen molar-refractivity contribution >= 4 is 10.9 Å². The van der Waals surface area contributed by atoms with Crippen LogP contribution in [0.1, 0.15) is 19.9 Å². The van der Waals surface area contributed by atoms with Crippen molar-refractivity contribution in [2.45, 2.75) is 26.0 Å². The van der Waals surface area contributed by atoms with Crippen LogP contribution < -0.4 is 4.74 Å². The number of H-pyrrole nitrogens is 1. The molecule has 0 amide bonds. The lowest BCUT2D eigenvalue weighted by Crippen LogP contribution is -2.21. The van der Waals surface area contributed by atoms with Gasteiger partial charge in [-0.3, -0.25) is 9.78 Å². The smallest absolute Gasteiger partial charge is 0.120 e. The van der Waals surface area contributed by atoms with Crippen molar-refractivity contribution in [2.75, 3.05) is 26.4 Å². The van der Waals surface area contributed by atoms with E-state index < -0.39 is 0 Å². The molecule has 1 N–H and O–H groups in total. The molecular weight excluding hydrogens is 320 g/mol. The molecular formula is C18H22N4O3. The zero-order valence-corrected chi connectivity index (χ0v) is 14.4. The highest BCUT2D eigenvalue weighted by Crippen LogP contribution is 2.29. The molecule has 1 aromatic carbocycles. The second-order valence-electron chi connectivity index (χ2n) is 6.40. The Labute approximate surface area is 145 Å². The quantitative estimate of drug-likeness (QED) is 0.680. The fourth-order valence-corrected chi connectivity index (χ4v) is 2.90. The van der Waals surface area contributed by atoms with Crippen molar-refractivity contribution < 1.29 is 14.2 Å². The molecule has 4 bridgehead atoms. The summed E-state index contributed by atoms with van der Waals surface area (Å²) < 4.78 is 19.2. The van der Waals surface area contributed by atoms with Gasteiger partial charge in [0.15, 0.2) is 0 Å². The van der Waals surface area contributed by atoms with Gasteiger partial charge in [-0.1, -0.05) is 0 Å². The Morgan fingerprint density at radius 1 is 1.20 bits per heavy atom. The van der Waals surface area contributed by atoms with Crippen molar-refractivity contribution in [2.24, 2.45) is 0 Å². The molecule has 4 rings (SSSR count). The van der Waals surface area contributed by atoms with Crippen molar-refractivity contribution in [3.63, 3.8) is 0 Å². The topological polar surface area (TPSA) is 74.2 Å². The minimum Gasteiger partial charge on any atom is -0.491 e. The summed E-state index contributed by atoms with van der Waals surface area (Å²) in [6.45, 7) is 6.26. The molecule has 0 radical (unpaired) electrons. The van der Waals surface area contributed by atoms with Crippen LogP contribution in [0.3, 0.4) is 0 Å². The summed E-state index contributed by atoms with van der Waals surface area (Å²) in [4.78, 5) is 0. The van der Waals surface area contributed by atoms with Gasteiger partial charge in [-0.25, -0.2) is 0 Å². The highest BCUT2D eigenvalue weighted by molar-refractivity contribution is 5.93. The van der Waals surface area contributed by atoms with Crippen LogP contribution in [0.4, 0.5) is 0 Å². The van der Waals surface area contributed by atoms with Gasteiger partial charge in [0.05, 0.1) is 43.7 Å². The van der Waals surface area contributed by atoms with Gasteiger partial charge in [-0.05, 0) is 32.0 Å². The van der Waals surface area contributed by atoms with Crippen molar-refractivity contribution in [3.05, 3.63) is 30.6 Å². The molecule has 0 saturated heterocycles. The van der Waals surface area contributed by atoms with Crippen LogP contribution in [0, 0.1) is 0 Å². The lowest BCUT2D eigenvalue weighted by molar-refractivity contribution is -0.0108. The van der Waals surface area contributed by atoms with E-state index >= 15 is 0 Å². The molecule has 7 heteroatoms. The zero-order chi connectivity index (χ0) is 17.2. The number of hydrogen-bond donors (Lipinski definition) is 1. The first-order valence-electron chi connectivity index (χ1n) is 8.55. The van der Waals surface area contributed by atoms with Crippen LogP contribution in [0.25, 0.3) is 22.2 Å². The summed E-state index contributed by atoms with van der Waals surface area (Å²) in [7, 11) is 0. The van der Waals surface area contributed by atoms with Crippen molar-refractivity contribution in [1.82, 2.24) is 20.0 Å². The van der Waals surface area contributed by atoms with E-state index in [1.165, 1.54) is 0 Å². The second kappa shape index (κ2) is 6.85. The molecule has 25 heavy (non-hydrogen) atoms. The minimum absolute atomic E-state index is 0.000538. The predicted octanol–water partition coefficient (Wildman–Crippen LogP) is 2.80. The lowest BCUT2D eigenvalue weighted by Gasteiger charge is -2.16. The summed E-state index contributed by atoms with van der Waals surface area (Å²) in [5.74, 6) is 0.801. The Morgan fingerprint density at radius 2 is 2.12 bits per heavy atom. The highest BCUT2D eigenvalue weighted by Gasteiger charge is 2.14. The van der Waals surface area contributed by atoms with Crippen LogP contribution >= 0.6 is 0 Å². The molecule has 2 aromatic heterocycles. The van der Waals surface area contributed by atoms with E-state index in [0.29, 0.717) is 26.4 Å². The average molecular weight is 342 g/mol. The third-order valence-electron chi connectivity index (χ3n) is 4.33. The fraction of sp³-hybridized carbons (Fsp3) is 0.444. The summed E-state index contributed by atoms with van der Waals surface area (Å²) >= 11 is 0. The van der Waals surface area contributed by atoms with E-state index in [-0.39, 0.29) is 12.1 Å². The highest BCUT2D eigenvalue weighted by atomic mass is 16.5. The van der Waals surface area contributed by atoms with Crippen LogP contribution in [-0.2, 0) is 9.47 Å². The standard InChI is InChI=1S/C18H22N4O3/c1-12-10-23-5-6-24-13(2)11-25-15-3-4-17-16(7-15)18(21-20-17)14-8-19-22(12)9-14/h3-4,7-9,12-13H,5-6,10-11H2,1-2H3,(H,20,21)/t12-,13+/m1/s1. The normalized spacial score (nSPS) is 22.2. The van der Waals surface area contributed by atoms with E-state index in [9.17, 15) is 0 Å². The molecule has 3 heterocycles. The van der Waals surface area contributed by atoms with Gasteiger partial charge in [-0.15, -0.1) is 0 Å². The molecule has 3 aromatic rings. The van der Waals surface area contributed by atoms with Gasteiger partial charge in [-0.2, -0.15) is 10.2 Å². The van der Waals surface area contributed by atoms with Gasteiger partial charge >= 0.3 is 0 Å². The number of fused-ring (bicyclic) bond motifs is 4. The molecule has 7 nitrogen and oxygen atoms in total. The van der Waals surface area contributed by atoms with Gasteiger partial charge < -0.3 is 14.2 Å². The summed E-state index contributed by atoms with van der Waals surface area (Å²) in [6.07, 6.45) is 3.84. The van der Waals surface area contributed by atoms with Crippen LogP contribution in [0.15, 0.2) is 30.6 Å². The average Bonchev–Trinajstić information content (AvgIpc) is 3.25. The largest absolute Gasteiger partial charge is 0.491 e. The van der Waals surface area contributed by atoms with E-state index in [4.69, 9.17) is 14.2 Å². The molecule has 132 valence electrons. The summed E-state index contributed by atoms with van der Waals surface area (Å²) in [5, 5.41) is 13.0. The lowest BCUT2D eigenvalue weighted by atomic mass is 10.1. The van der Waals surface area contributed by atoms with Crippen LogP contribution in [0.2, 0.25) is 0 Å². The number of nitrogens with one attached hydrogen (secondary N) is 1. The maximum atomic E-state index is 5.87. The maximum Gasteiger partial charge on any atom is 0.120 e. The Balaban J connectivity index is 1.72.